The molecular weight excluding hydrogens is 438 g/mol. The number of carbonyl (C=O) groups excluding carboxylic acids is 2. The summed E-state index contributed by atoms with van der Waals surface area (Å²) >= 11 is 5.96. The van der Waals surface area contributed by atoms with E-state index in [1.807, 2.05) is 29.2 Å². The summed E-state index contributed by atoms with van der Waals surface area (Å²) in [5.74, 6) is -0.251. The lowest BCUT2D eigenvalue weighted by Gasteiger charge is -2.35. The molecular formula is C26H26ClN3O3. The van der Waals surface area contributed by atoms with Gasteiger partial charge in [0.1, 0.15) is 0 Å². The summed E-state index contributed by atoms with van der Waals surface area (Å²) in [5, 5.41) is 13.3. The van der Waals surface area contributed by atoms with Crippen molar-refractivity contribution in [2.75, 3.05) is 23.3 Å². The molecule has 0 spiro atoms. The van der Waals surface area contributed by atoms with E-state index in [9.17, 15) is 14.7 Å². The van der Waals surface area contributed by atoms with E-state index >= 15 is 0 Å². The number of nitrogens with zero attached hydrogens (tertiary/aromatic N) is 2. The van der Waals surface area contributed by atoms with Crippen LogP contribution in [0.15, 0.2) is 72.8 Å². The number of anilines is 2. The first-order valence-electron chi connectivity index (χ1n) is 10.9. The highest BCUT2D eigenvalue weighted by Crippen LogP contribution is 2.23. The van der Waals surface area contributed by atoms with Gasteiger partial charge < -0.3 is 15.3 Å². The van der Waals surface area contributed by atoms with Crippen LogP contribution in [0.3, 0.4) is 0 Å². The molecule has 1 fully saturated rings. The standard InChI is InChI=1S/C26H26ClN3O3/c1-18(31)21-4-2-5-23(16-21)28-25(32)20-8-12-24(13-9-20)30-15-3-14-29(26(30)33)17-19-6-10-22(27)11-7-19/h2,4-13,16,18,31H,3,14-15,17H2,1H3,(H,28,32)/t18-/m1/s1. The minimum Gasteiger partial charge on any atom is -0.389 e. The molecule has 170 valence electrons. The van der Waals surface area contributed by atoms with Gasteiger partial charge in [0, 0.05) is 41.6 Å². The molecule has 3 aromatic carbocycles. The second-order valence-corrected chi connectivity index (χ2v) is 8.57. The number of rotatable bonds is 6. The van der Waals surface area contributed by atoms with Crippen LogP contribution in [0.2, 0.25) is 5.02 Å². The quantitative estimate of drug-likeness (QED) is 0.508. The summed E-state index contributed by atoms with van der Waals surface area (Å²) < 4.78 is 0. The Kier molecular flexibility index (Phi) is 6.96. The van der Waals surface area contributed by atoms with E-state index in [2.05, 4.69) is 5.32 Å². The molecule has 1 aliphatic heterocycles. The summed E-state index contributed by atoms with van der Waals surface area (Å²) in [6.07, 6.45) is 0.253. The first-order valence-corrected chi connectivity index (χ1v) is 11.3. The second-order valence-electron chi connectivity index (χ2n) is 8.14. The fourth-order valence-corrected chi connectivity index (χ4v) is 3.98. The van der Waals surface area contributed by atoms with E-state index in [-0.39, 0.29) is 11.9 Å². The van der Waals surface area contributed by atoms with Crippen molar-refractivity contribution in [1.29, 1.82) is 0 Å². The number of halogens is 1. The lowest BCUT2D eigenvalue weighted by atomic mass is 10.1. The third kappa shape index (κ3) is 5.53. The monoisotopic (exact) mass is 463 g/mol. The molecule has 3 aromatic rings. The molecule has 0 bridgehead atoms. The van der Waals surface area contributed by atoms with Crippen LogP contribution in [-0.2, 0) is 6.54 Å². The Hall–Kier alpha value is -3.35. The number of hydrogen-bond donors (Lipinski definition) is 2. The van der Waals surface area contributed by atoms with Crippen LogP contribution in [0.5, 0.6) is 0 Å². The third-order valence-corrected chi connectivity index (χ3v) is 5.92. The number of urea groups is 1. The Morgan fingerprint density at radius 1 is 1.06 bits per heavy atom. The first-order chi connectivity index (χ1) is 15.9. The number of carbonyl (C=O) groups is 2. The van der Waals surface area contributed by atoms with Crippen molar-refractivity contribution in [2.24, 2.45) is 0 Å². The lowest BCUT2D eigenvalue weighted by Crippen LogP contribution is -2.49. The fraction of sp³-hybridized carbons (Fsp3) is 0.231. The Labute approximate surface area is 198 Å². The molecule has 1 heterocycles. The highest BCUT2D eigenvalue weighted by atomic mass is 35.5. The number of aliphatic hydroxyl groups is 1. The molecule has 4 rings (SSSR count). The van der Waals surface area contributed by atoms with Crippen molar-refractivity contribution in [3.05, 3.63) is 94.5 Å². The van der Waals surface area contributed by atoms with Crippen molar-refractivity contribution >= 4 is 34.9 Å². The van der Waals surface area contributed by atoms with Crippen LogP contribution < -0.4 is 10.2 Å². The highest BCUT2D eigenvalue weighted by Gasteiger charge is 2.27. The first kappa shape index (κ1) is 22.8. The van der Waals surface area contributed by atoms with Gasteiger partial charge in [-0.15, -0.1) is 0 Å². The topological polar surface area (TPSA) is 72.9 Å². The van der Waals surface area contributed by atoms with Crippen molar-refractivity contribution in [3.8, 4) is 0 Å². The molecule has 1 atom stereocenters. The SMILES string of the molecule is C[C@@H](O)c1cccc(NC(=O)c2ccc(N3CCCN(Cc4ccc(Cl)cc4)C3=O)cc2)c1. The van der Waals surface area contributed by atoms with Gasteiger partial charge in [0.15, 0.2) is 0 Å². The minimum absolute atomic E-state index is 0.0525. The largest absolute Gasteiger partial charge is 0.389 e. The Morgan fingerprint density at radius 2 is 1.79 bits per heavy atom. The molecule has 6 nitrogen and oxygen atoms in total. The second kappa shape index (κ2) is 10.1. The van der Waals surface area contributed by atoms with Gasteiger partial charge in [-0.3, -0.25) is 9.69 Å². The molecule has 2 N–H and O–H groups in total. The summed E-state index contributed by atoms with van der Waals surface area (Å²) in [6, 6.07) is 21.6. The van der Waals surface area contributed by atoms with Crippen LogP contribution >= 0.6 is 11.6 Å². The third-order valence-electron chi connectivity index (χ3n) is 5.67. The van der Waals surface area contributed by atoms with Crippen LogP contribution in [0.25, 0.3) is 0 Å². The van der Waals surface area contributed by atoms with Crippen LogP contribution in [0, 0.1) is 0 Å². The van der Waals surface area contributed by atoms with Gasteiger partial charge in [-0.2, -0.15) is 0 Å². The number of benzene rings is 3. The number of amides is 3. The van der Waals surface area contributed by atoms with Gasteiger partial charge >= 0.3 is 6.03 Å². The molecule has 1 aliphatic rings. The number of nitrogens with one attached hydrogen (secondary N) is 1. The van der Waals surface area contributed by atoms with Gasteiger partial charge in [-0.25, -0.2) is 4.79 Å². The Bertz CT molecular complexity index is 1130. The molecule has 3 amide bonds. The fourth-order valence-electron chi connectivity index (χ4n) is 3.85. The molecule has 33 heavy (non-hydrogen) atoms. The lowest BCUT2D eigenvalue weighted by molar-refractivity contribution is 0.102. The minimum atomic E-state index is -0.609. The van der Waals surface area contributed by atoms with Gasteiger partial charge in [-0.05, 0) is 73.0 Å². The molecule has 0 radical (unpaired) electrons. The summed E-state index contributed by atoms with van der Waals surface area (Å²) in [5.41, 5.74) is 3.62. The van der Waals surface area contributed by atoms with E-state index < -0.39 is 6.10 Å². The van der Waals surface area contributed by atoms with Crippen LogP contribution in [0.4, 0.5) is 16.2 Å². The van der Waals surface area contributed by atoms with Gasteiger partial charge in [0.2, 0.25) is 0 Å². The van der Waals surface area contributed by atoms with Gasteiger partial charge in [0.25, 0.3) is 5.91 Å². The zero-order chi connectivity index (χ0) is 23.4. The normalized spacial score (nSPS) is 14.8. The van der Waals surface area contributed by atoms with E-state index in [0.717, 1.165) is 23.2 Å². The van der Waals surface area contributed by atoms with E-state index in [1.54, 1.807) is 60.4 Å². The van der Waals surface area contributed by atoms with E-state index in [0.29, 0.717) is 35.9 Å². The Balaban J connectivity index is 1.42. The molecule has 0 unspecified atom stereocenters. The zero-order valence-corrected chi connectivity index (χ0v) is 19.1. The van der Waals surface area contributed by atoms with E-state index in [4.69, 9.17) is 11.6 Å². The smallest absolute Gasteiger partial charge is 0.324 e. The molecule has 7 heteroatoms. The summed E-state index contributed by atoms with van der Waals surface area (Å²) in [6.45, 7) is 3.54. The van der Waals surface area contributed by atoms with E-state index in [1.165, 1.54) is 0 Å². The number of hydrogen-bond acceptors (Lipinski definition) is 3. The number of aliphatic hydroxyl groups excluding tert-OH is 1. The van der Waals surface area contributed by atoms with Crippen LogP contribution in [0.1, 0.15) is 40.9 Å². The van der Waals surface area contributed by atoms with Crippen molar-refractivity contribution in [1.82, 2.24) is 4.90 Å². The van der Waals surface area contributed by atoms with Crippen molar-refractivity contribution in [2.45, 2.75) is 26.0 Å². The highest BCUT2D eigenvalue weighted by molar-refractivity contribution is 6.30. The summed E-state index contributed by atoms with van der Waals surface area (Å²) in [4.78, 5) is 29.3. The van der Waals surface area contributed by atoms with Crippen molar-refractivity contribution in [3.63, 3.8) is 0 Å². The maximum atomic E-state index is 13.1. The Morgan fingerprint density at radius 3 is 2.48 bits per heavy atom. The van der Waals surface area contributed by atoms with Gasteiger partial charge in [-0.1, -0.05) is 35.9 Å². The molecule has 1 saturated heterocycles. The molecule has 0 aliphatic carbocycles. The maximum absolute atomic E-state index is 13.1. The summed E-state index contributed by atoms with van der Waals surface area (Å²) in [7, 11) is 0. The zero-order valence-electron chi connectivity index (χ0n) is 18.4. The molecule has 0 aromatic heterocycles. The van der Waals surface area contributed by atoms with Gasteiger partial charge in [0.05, 0.1) is 6.10 Å². The van der Waals surface area contributed by atoms with Crippen molar-refractivity contribution < 1.29 is 14.7 Å². The maximum Gasteiger partial charge on any atom is 0.324 e. The predicted octanol–water partition coefficient (Wildman–Crippen LogP) is 5.48. The molecule has 0 saturated carbocycles. The van der Waals surface area contributed by atoms with Crippen LogP contribution in [-0.4, -0.2) is 35.0 Å². The predicted molar refractivity (Wildman–Crippen MR) is 131 cm³/mol. The average Bonchev–Trinajstić information content (AvgIpc) is 2.82. The average molecular weight is 464 g/mol.